The number of hydrogen-bond acceptors (Lipinski definition) is 7. The summed E-state index contributed by atoms with van der Waals surface area (Å²) in [7, 11) is -3.73. The molecule has 1 amide bonds. The molecule has 0 unspecified atom stereocenters. The number of rotatable bonds is 8. The summed E-state index contributed by atoms with van der Waals surface area (Å²) in [5, 5.41) is 7.73. The number of pyridine rings is 1. The minimum absolute atomic E-state index is 0.0332. The second-order valence-electron chi connectivity index (χ2n) is 6.93. The Bertz CT molecular complexity index is 1000. The number of benzene rings is 1. The number of nitrogens with one attached hydrogen (secondary N) is 1. The van der Waals surface area contributed by atoms with Gasteiger partial charge < -0.3 is 15.0 Å². The number of sulfonamides is 1. The van der Waals surface area contributed by atoms with Crippen molar-refractivity contribution in [1.82, 2.24) is 10.3 Å². The van der Waals surface area contributed by atoms with Gasteiger partial charge in [-0.2, -0.15) is 0 Å². The normalized spacial score (nSPS) is 13.8. The van der Waals surface area contributed by atoms with Crippen LogP contribution in [0.1, 0.15) is 28.8 Å². The van der Waals surface area contributed by atoms with E-state index in [4.69, 9.17) is 9.88 Å². The molecular formula is C20H24N4O5S. The first kappa shape index (κ1) is 21.7. The van der Waals surface area contributed by atoms with E-state index in [1.807, 2.05) is 4.90 Å². The van der Waals surface area contributed by atoms with Gasteiger partial charge in [-0.25, -0.2) is 23.3 Å². The fraction of sp³-hybridized carbons (Fsp3) is 0.350. The first-order chi connectivity index (χ1) is 14.3. The molecule has 2 aromatic rings. The predicted molar refractivity (Wildman–Crippen MR) is 110 cm³/mol. The molecule has 1 aliphatic heterocycles. The number of ether oxygens (including phenoxy) is 1. The maximum atomic E-state index is 12.4. The van der Waals surface area contributed by atoms with Crippen LogP contribution in [0.2, 0.25) is 0 Å². The molecule has 1 saturated heterocycles. The number of anilines is 1. The Morgan fingerprint density at radius 2 is 1.83 bits per heavy atom. The first-order valence-electron chi connectivity index (χ1n) is 9.60. The summed E-state index contributed by atoms with van der Waals surface area (Å²) in [5.41, 5.74) is 1.19. The standard InChI is InChI=1S/C20H24N4O5S/c21-30(27,28)16-7-5-15(6-8-16)9-11-22-18(25)14-29-20(26)17-4-3-10-23-19(17)24-12-1-2-13-24/h3-8,10H,1-2,9,11-14H2,(H,22,25)(H2,21,27,28). The molecule has 0 bridgehead atoms. The van der Waals surface area contributed by atoms with Crippen molar-refractivity contribution < 1.29 is 22.7 Å². The molecule has 1 aromatic carbocycles. The summed E-state index contributed by atoms with van der Waals surface area (Å²) < 4.78 is 27.6. The van der Waals surface area contributed by atoms with Crippen LogP contribution in [0.4, 0.5) is 5.82 Å². The SMILES string of the molecule is NS(=O)(=O)c1ccc(CCNC(=O)COC(=O)c2cccnc2N2CCCC2)cc1. The molecule has 1 aromatic heterocycles. The molecular weight excluding hydrogens is 408 g/mol. The van der Waals surface area contributed by atoms with Gasteiger partial charge in [0.15, 0.2) is 6.61 Å². The molecule has 1 aliphatic rings. The number of carbonyl (C=O) groups is 2. The number of primary sulfonamides is 1. The number of nitrogens with zero attached hydrogens (tertiary/aromatic N) is 2. The van der Waals surface area contributed by atoms with E-state index in [2.05, 4.69) is 10.3 Å². The van der Waals surface area contributed by atoms with Crippen LogP contribution in [0.3, 0.4) is 0 Å². The van der Waals surface area contributed by atoms with Crippen molar-refractivity contribution in [3.8, 4) is 0 Å². The summed E-state index contributed by atoms with van der Waals surface area (Å²) in [5.74, 6) is -0.418. The molecule has 0 radical (unpaired) electrons. The lowest BCUT2D eigenvalue weighted by Gasteiger charge is -2.18. The molecule has 3 rings (SSSR count). The van der Waals surface area contributed by atoms with Crippen LogP contribution in [0, 0.1) is 0 Å². The minimum Gasteiger partial charge on any atom is -0.452 e. The smallest absolute Gasteiger partial charge is 0.342 e. The van der Waals surface area contributed by atoms with E-state index in [0.717, 1.165) is 31.5 Å². The number of aromatic nitrogens is 1. The van der Waals surface area contributed by atoms with Crippen LogP contribution < -0.4 is 15.4 Å². The van der Waals surface area contributed by atoms with E-state index in [1.165, 1.54) is 12.1 Å². The zero-order chi connectivity index (χ0) is 21.6. The van der Waals surface area contributed by atoms with Crippen molar-refractivity contribution in [2.75, 3.05) is 31.1 Å². The molecule has 160 valence electrons. The molecule has 1 fully saturated rings. The van der Waals surface area contributed by atoms with Gasteiger partial charge in [0.25, 0.3) is 5.91 Å². The summed E-state index contributed by atoms with van der Waals surface area (Å²) in [6.07, 6.45) is 4.23. The van der Waals surface area contributed by atoms with Gasteiger partial charge >= 0.3 is 5.97 Å². The molecule has 9 nitrogen and oxygen atoms in total. The highest BCUT2D eigenvalue weighted by Crippen LogP contribution is 2.22. The lowest BCUT2D eigenvalue weighted by molar-refractivity contribution is -0.124. The number of carbonyl (C=O) groups excluding carboxylic acids is 2. The van der Waals surface area contributed by atoms with E-state index in [0.29, 0.717) is 24.3 Å². The monoisotopic (exact) mass is 432 g/mol. The fourth-order valence-electron chi connectivity index (χ4n) is 3.19. The van der Waals surface area contributed by atoms with E-state index >= 15 is 0 Å². The summed E-state index contributed by atoms with van der Waals surface area (Å²) in [6.45, 7) is 1.61. The summed E-state index contributed by atoms with van der Waals surface area (Å²) >= 11 is 0. The van der Waals surface area contributed by atoms with Crippen LogP contribution in [0.25, 0.3) is 0 Å². The van der Waals surface area contributed by atoms with Crippen LogP contribution in [0.15, 0.2) is 47.5 Å². The lowest BCUT2D eigenvalue weighted by Crippen LogP contribution is -2.31. The Hall–Kier alpha value is -2.98. The molecule has 0 aliphatic carbocycles. The summed E-state index contributed by atoms with van der Waals surface area (Å²) in [6, 6.07) is 9.41. The van der Waals surface area contributed by atoms with Crippen molar-refractivity contribution in [2.45, 2.75) is 24.2 Å². The van der Waals surface area contributed by atoms with E-state index in [9.17, 15) is 18.0 Å². The van der Waals surface area contributed by atoms with Gasteiger partial charge in [-0.05, 0) is 49.1 Å². The number of hydrogen-bond donors (Lipinski definition) is 2. The minimum atomic E-state index is -3.73. The van der Waals surface area contributed by atoms with Gasteiger partial charge in [0.1, 0.15) is 11.4 Å². The Morgan fingerprint density at radius 3 is 2.50 bits per heavy atom. The number of nitrogens with two attached hydrogens (primary N) is 1. The van der Waals surface area contributed by atoms with Crippen LogP contribution in [-0.2, 0) is 26.0 Å². The van der Waals surface area contributed by atoms with Crippen LogP contribution in [0.5, 0.6) is 0 Å². The quantitative estimate of drug-likeness (QED) is 0.591. The first-order valence-corrected chi connectivity index (χ1v) is 11.1. The van der Waals surface area contributed by atoms with Gasteiger partial charge in [0.05, 0.1) is 4.90 Å². The second kappa shape index (κ2) is 9.68. The highest BCUT2D eigenvalue weighted by Gasteiger charge is 2.22. The van der Waals surface area contributed by atoms with Crippen molar-refractivity contribution >= 4 is 27.7 Å². The van der Waals surface area contributed by atoms with Gasteiger partial charge in [0.2, 0.25) is 10.0 Å². The van der Waals surface area contributed by atoms with Crippen molar-refractivity contribution in [3.63, 3.8) is 0 Å². The molecule has 10 heteroatoms. The van der Waals surface area contributed by atoms with Gasteiger partial charge in [-0.3, -0.25) is 4.79 Å². The topological polar surface area (TPSA) is 132 Å². The number of esters is 1. The molecule has 0 atom stereocenters. The maximum absolute atomic E-state index is 12.4. The summed E-state index contributed by atoms with van der Waals surface area (Å²) in [4.78, 5) is 30.8. The Kier molecular flexibility index (Phi) is 7.01. The van der Waals surface area contributed by atoms with Gasteiger partial charge in [0, 0.05) is 25.8 Å². The lowest BCUT2D eigenvalue weighted by atomic mass is 10.1. The molecule has 0 spiro atoms. The zero-order valence-corrected chi connectivity index (χ0v) is 17.2. The van der Waals surface area contributed by atoms with Crippen molar-refractivity contribution in [3.05, 3.63) is 53.7 Å². The average Bonchev–Trinajstić information content (AvgIpc) is 3.26. The molecule has 0 saturated carbocycles. The van der Waals surface area contributed by atoms with Gasteiger partial charge in [-0.1, -0.05) is 12.1 Å². The van der Waals surface area contributed by atoms with E-state index in [1.54, 1.807) is 30.5 Å². The van der Waals surface area contributed by atoms with Crippen LogP contribution >= 0.6 is 0 Å². The third-order valence-corrected chi connectivity index (χ3v) is 5.66. The largest absolute Gasteiger partial charge is 0.452 e. The van der Waals surface area contributed by atoms with Crippen molar-refractivity contribution in [1.29, 1.82) is 0 Å². The van der Waals surface area contributed by atoms with Crippen LogP contribution in [-0.4, -0.2) is 51.5 Å². The third-order valence-electron chi connectivity index (χ3n) is 4.73. The van der Waals surface area contributed by atoms with E-state index in [-0.39, 0.29) is 4.90 Å². The molecule has 3 N–H and O–H groups in total. The highest BCUT2D eigenvalue weighted by molar-refractivity contribution is 7.89. The molecule has 30 heavy (non-hydrogen) atoms. The highest BCUT2D eigenvalue weighted by atomic mass is 32.2. The second-order valence-corrected chi connectivity index (χ2v) is 8.50. The molecule has 2 heterocycles. The maximum Gasteiger partial charge on any atom is 0.342 e. The third kappa shape index (κ3) is 5.77. The van der Waals surface area contributed by atoms with Gasteiger partial charge in [-0.15, -0.1) is 0 Å². The zero-order valence-electron chi connectivity index (χ0n) is 16.4. The average molecular weight is 433 g/mol. The number of amides is 1. The predicted octanol–water partition coefficient (Wildman–Crippen LogP) is 0.845. The Balaban J connectivity index is 1.45. The van der Waals surface area contributed by atoms with Crippen molar-refractivity contribution in [2.24, 2.45) is 5.14 Å². The Labute approximate surface area is 175 Å². The van der Waals surface area contributed by atoms with E-state index < -0.39 is 28.5 Å². The Morgan fingerprint density at radius 1 is 1.13 bits per heavy atom. The fourth-order valence-corrected chi connectivity index (χ4v) is 3.70.